The maximum absolute atomic E-state index is 8.05. The van der Waals surface area contributed by atoms with Crippen molar-refractivity contribution in [1.82, 2.24) is 10.4 Å². The summed E-state index contributed by atoms with van der Waals surface area (Å²) in [5.74, 6) is 5.81. The predicted octanol–water partition coefficient (Wildman–Crippen LogP) is 1.15. The summed E-state index contributed by atoms with van der Waals surface area (Å²) in [6.07, 6.45) is 0. The van der Waals surface area contributed by atoms with Crippen LogP contribution >= 0.6 is 0 Å². The molecular formula is C11H19N5. The van der Waals surface area contributed by atoms with Gasteiger partial charge in [0.15, 0.2) is 0 Å². The van der Waals surface area contributed by atoms with Gasteiger partial charge in [-0.2, -0.15) is 5.53 Å². The lowest BCUT2D eigenvalue weighted by Gasteiger charge is -2.30. The molecule has 0 spiro atoms. The number of anilines is 1. The van der Waals surface area contributed by atoms with Gasteiger partial charge in [0.1, 0.15) is 0 Å². The predicted molar refractivity (Wildman–Crippen MR) is 66.9 cm³/mol. The van der Waals surface area contributed by atoms with E-state index in [2.05, 4.69) is 5.53 Å². The lowest BCUT2D eigenvalue weighted by atomic mass is 10.3. The Bertz CT molecular complexity index is 320. The first-order valence-electron chi connectivity index (χ1n) is 5.39. The van der Waals surface area contributed by atoms with Crippen molar-refractivity contribution in [3.05, 3.63) is 30.3 Å². The Morgan fingerprint density at radius 2 is 1.81 bits per heavy atom. The van der Waals surface area contributed by atoms with Crippen molar-refractivity contribution in [2.75, 3.05) is 18.1 Å². The Morgan fingerprint density at radius 1 is 1.25 bits per heavy atom. The summed E-state index contributed by atoms with van der Waals surface area (Å²) in [5.41, 5.74) is 3.38. The van der Waals surface area contributed by atoms with Crippen LogP contribution < -0.4 is 16.4 Å². The molecule has 0 radical (unpaired) electrons. The van der Waals surface area contributed by atoms with Crippen molar-refractivity contribution >= 4 is 11.6 Å². The number of hydrogen-bond acceptors (Lipinski definition) is 3. The molecule has 0 amide bonds. The van der Waals surface area contributed by atoms with E-state index in [1.165, 1.54) is 0 Å². The van der Waals surface area contributed by atoms with Gasteiger partial charge >= 0.3 is 0 Å². The molecule has 4 N–H and O–H groups in total. The van der Waals surface area contributed by atoms with Crippen molar-refractivity contribution in [3.63, 3.8) is 0 Å². The summed E-state index contributed by atoms with van der Waals surface area (Å²) >= 11 is 0. The largest absolute Gasteiger partial charge is 0.342 e. The lowest BCUT2D eigenvalue weighted by Crippen LogP contribution is -2.53. The monoisotopic (exact) mass is 221 g/mol. The van der Waals surface area contributed by atoms with Crippen molar-refractivity contribution in [3.8, 4) is 0 Å². The fourth-order valence-corrected chi connectivity index (χ4v) is 1.50. The quantitative estimate of drug-likeness (QED) is 0.309. The third-order valence-electron chi connectivity index (χ3n) is 2.42. The van der Waals surface area contributed by atoms with Crippen LogP contribution in [0.4, 0.5) is 5.69 Å². The normalized spacial score (nSPS) is 9.94. The summed E-state index contributed by atoms with van der Waals surface area (Å²) in [5, 5.41) is 9.60. The average Bonchev–Trinajstić information content (AvgIpc) is 2.33. The molecule has 0 saturated heterocycles. The number of guanidine groups is 1. The van der Waals surface area contributed by atoms with Gasteiger partial charge in [-0.05, 0) is 26.0 Å². The Morgan fingerprint density at radius 3 is 2.25 bits per heavy atom. The Hall–Kier alpha value is -1.59. The standard InChI is InChI=1S/C11H19N5/c1-3-15(4-2)11(12)16(14-13)10-8-6-5-7-9-10/h5-9,12,14H,3-4,13H2,1-2H3. The SMILES string of the molecule is CCN(CC)C(=N)N(NN)c1ccccc1. The van der Waals surface area contributed by atoms with Crippen LogP contribution in [0.5, 0.6) is 0 Å². The van der Waals surface area contributed by atoms with E-state index >= 15 is 0 Å². The van der Waals surface area contributed by atoms with Gasteiger partial charge in [-0.25, -0.2) is 5.01 Å². The second-order valence-corrected chi connectivity index (χ2v) is 3.30. The molecule has 0 heterocycles. The number of hydrazine groups is 2. The van der Waals surface area contributed by atoms with Crippen LogP contribution in [0.15, 0.2) is 30.3 Å². The molecule has 0 aliphatic heterocycles. The first kappa shape index (κ1) is 12.5. The minimum absolute atomic E-state index is 0.346. The molecule has 0 unspecified atom stereocenters. The Balaban J connectivity index is 2.86. The van der Waals surface area contributed by atoms with E-state index in [0.29, 0.717) is 5.96 Å². The number of rotatable bonds is 4. The molecule has 5 nitrogen and oxygen atoms in total. The summed E-state index contributed by atoms with van der Waals surface area (Å²) in [7, 11) is 0. The highest BCUT2D eigenvalue weighted by Crippen LogP contribution is 2.11. The molecule has 0 aliphatic carbocycles. The molecule has 16 heavy (non-hydrogen) atoms. The van der Waals surface area contributed by atoms with Crippen LogP contribution in [0.25, 0.3) is 0 Å². The fourth-order valence-electron chi connectivity index (χ4n) is 1.50. The number of nitrogens with zero attached hydrogens (tertiary/aromatic N) is 2. The molecule has 0 aromatic heterocycles. The maximum atomic E-state index is 8.05. The van der Waals surface area contributed by atoms with E-state index in [1.807, 2.05) is 49.1 Å². The van der Waals surface area contributed by atoms with Crippen LogP contribution in [0.3, 0.4) is 0 Å². The second kappa shape index (κ2) is 6.09. The van der Waals surface area contributed by atoms with Crippen molar-refractivity contribution < 1.29 is 0 Å². The highest BCUT2D eigenvalue weighted by Gasteiger charge is 2.14. The molecular weight excluding hydrogens is 202 g/mol. The number of benzene rings is 1. The molecule has 0 bridgehead atoms. The number of nitrogens with one attached hydrogen (secondary N) is 2. The van der Waals surface area contributed by atoms with E-state index in [9.17, 15) is 0 Å². The van der Waals surface area contributed by atoms with E-state index in [0.717, 1.165) is 18.8 Å². The van der Waals surface area contributed by atoms with Gasteiger partial charge < -0.3 is 4.90 Å². The van der Waals surface area contributed by atoms with E-state index < -0.39 is 0 Å². The molecule has 1 rings (SSSR count). The number of hydrogen-bond donors (Lipinski definition) is 3. The number of nitrogens with two attached hydrogens (primary N) is 1. The first-order chi connectivity index (χ1) is 7.74. The zero-order chi connectivity index (χ0) is 12.0. The van der Waals surface area contributed by atoms with Gasteiger partial charge in [-0.3, -0.25) is 11.3 Å². The topological polar surface area (TPSA) is 68.4 Å². The van der Waals surface area contributed by atoms with Crippen molar-refractivity contribution in [2.45, 2.75) is 13.8 Å². The van der Waals surface area contributed by atoms with Crippen LogP contribution in [0.2, 0.25) is 0 Å². The summed E-state index contributed by atoms with van der Waals surface area (Å²) < 4.78 is 0. The molecule has 0 saturated carbocycles. The van der Waals surface area contributed by atoms with Gasteiger partial charge in [0.05, 0.1) is 5.69 Å². The second-order valence-electron chi connectivity index (χ2n) is 3.30. The average molecular weight is 221 g/mol. The zero-order valence-electron chi connectivity index (χ0n) is 9.77. The summed E-state index contributed by atoms with van der Waals surface area (Å²) in [4.78, 5) is 1.91. The molecule has 1 aromatic carbocycles. The van der Waals surface area contributed by atoms with E-state index in [-0.39, 0.29) is 0 Å². The van der Waals surface area contributed by atoms with E-state index in [4.69, 9.17) is 11.3 Å². The molecule has 0 fully saturated rings. The van der Waals surface area contributed by atoms with Gasteiger partial charge in [0.25, 0.3) is 0 Å². The summed E-state index contributed by atoms with van der Waals surface area (Å²) in [6, 6.07) is 9.55. The maximum Gasteiger partial charge on any atom is 0.214 e. The van der Waals surface area contributed by atoms with Gasteiger partial charge in [0.2, 0.25) is 5.96 Å². The lowest BCUT2D eigenvalue weighted by molar-refractivity contribution is 0.445. The van der Waals surface area contributed by atoms with E-state index in [1.54, 1.807) is 5.01 Å². The molecule has 1 aromatic rings. The number of para-hydroxylation sites is 1. The molecule has 5 heteroatoms. The molecule has 88 valence electrons. The summed E-state index contributed by atoms with van der Waals surface area (Å²) in [6.45, 7) is 5.58. The van der Waals surface area contributed by atoms with Crippen LogP contribution in [0.1, 0.15) is 13.8 Å². The van der Waals surface area contributed by atoms with Crippen LogP contribution in [0, 0.1) is 5.41 Å². The van der Waals surface area contributed by atoms with Gasteiger partial charge in [0, 0.05) is 13.1 Å². The third-order valence-corrected chi connectivity index (χ3v) is 2.42. The Labute approximate surface area is 96.3 Å². The van der Waals surface area contributed by atoms with Crippen LogP contribution in [-0.4, -0.2) is 23.9 Å². The minimum atomic E-state index is 0.346. The van der Waals surface area contributed by atoms with Gasteiger partial charge in [-0.1, -0.05) is 18.2 Å². The zero-order valence-corrected chi connectivity index (χ0v) is 9.77. The highest BCUT2D eigenvalue weighted by molar-refractivity contribution is 5.92. The fraction of sp³-hybridized carbons (Fsp3) is 0.364. The third kappa shape index (κ3) is 2.71. The first-order valence-corrected chi connectivity index (χ1v) is 5.39. The minimum Gasteiger partial charge on any atom is -0.342 e. The van der Waals surface area contributed by atoms with Crippen LogP contribution in [-0.2, 0) is 0 Å². The van der Waals surface area contributed by atoms with Crippen molar-refractivity contribution in [2.24, 2.45) is 5.84 Å². The Kier molecular flexibility index (Phi) is 4.75. The highest BCUT2D eigenvalue weighted by atomic mass is 15.7. The molecule has 0 atom stereocenters. The smallest absolute Gasteiger partial charge is 0.214 e. The molecule has 0 aliphatic rings. The van der Waals surface area contributed by atoms with Gasteiger partial charge in [-0.15, -0.1) is 0 Å². The van der Waals surface area contributed by atoms with Crippen molar-refractivity contribution in [1.29, 1.82) is 5.41 Å².